The van der Waals surface area contributed by atoms with Gasteiger partial charge in [-0.25, -0.2) is 14.3 Å². The Morgan fingerprint density at radius 3 is 2.75 bits per heavy atom. The van der Waals surface area contributed by atoms with Gasteiger partial charge in [0.1, 0.15) is 0 Å². The molecule has 2 heterocycles. The zero-order valence-electron chi connectivity index (χ0n) is 12.9. The molecule has 4 rings (SSSR count). The first-order chi connectivity index (χ1) is 11.6. The minimum atomic E-state index is -0.486. The van der Waals surface area contributed by atoms with E-state index in [9.17, 15) is 9.59 Å². The molecule has 118 valence electrons. The molecule has 0 aliphatic carbocycles. The quantitative estimate of drug-likeness (QED) is 0.593. The highest BCUT2D eigenvalue weighted by Crippen LogP contribution is 2.28. The third-order valence-electron chi connectivity index (χ3n) is 4.21. The van der Waals surface area contributed by atoms with Crippen LogP contribution in [0.2, 0.25) is 0 Å². The summed E-state index contributed by atoms with van der Waals surface area (Å²) in [4.78, 5) is 23.8. The normalized spacial score (nSPS) is 11.2. The van der Waals surface area contributed by atoms with E-state index in [0.717, 1.165) is 27.6 Å². The van der Waals surface area contributed by atoms with E-state index in [2.05, 4.69) is 10.2 Å². The molecule has 3 N–H and O–H groups in total. The molecule has 0 spiro atoms. The number of amides is 1. The second-order valence-electron chi connectivity index (χ2n) is 5.69. The summed E-state index contributed by atoms with van der Waals surface area (Å²) in [7, 11) is 0. The summed E-state index contributed by atoms with van der Waals surface area (Å²) in [5.41, 5.74) is 9.49. The van der Waals surface area contributed by atoms with Crippen LogP contribution in [-0.2, 0) is 0 Å². The molecule has 0 aliphatic heterocycles. The molecule has 6 nitrogen and oxygen atoms in total. The van der Waals surface area contributed by atoms with E-state index >= 15 is 0 Å². The van der Waals surface area contributed by atoms with Gasteiger partial charge in [0.15, 0.2) is 5.65 Å². The topological polar surface area (TPSA) is 93.2 Å². The van der Waals surface area contributed by atoms with E-state index in [1.165, 1.54) is 4.40 Å². The van der Waals surface area contributed by atoms with Crippen molar-refractivity contribution in [3.8, 4) is 11.1 Å². The van der Waals surface area contributed by atoms with E-state index in [4.69, 9.17) is 5.73 Å². The minimum Gasteiger partial charge on any atom is -0.366 e. The SMILES string of the molecule is Cc1cc2n[nH]c(=O)n2c2cc(-c3ccccc3C(N)=O)ccc12. The highest BCUT2D eigenvalue weighted by Gasteiger charge is 2.13. The van der Waals surface area contributed by atoms with E-state index in [1.54, 1.807) is 12.1 Å². The van der Waals surface area contributed by atoms with Gasteiger partial charge >= 0.3 is 5.69 Å². The number of carbonyl (C=O) groups is 1. The maximum absolute atomic E-state index is 12.1. The number of rotatable bonds is 2. The van der Waals surface area contributed by atoms with Crippen LogP contribution in [0.3, 0.4) is 0 Å². The van der Waals surface area contributed by atoms with Crippen molar-refractivity contribution < 1.29 is 4.79 Å². The first-order valence-corrected chi connectivity index (χ1v) is 7.46. The Hall–Kier alpha value is -3.41. The standard InChI is InChI=1S/C18H14N4O2/c1-10-8-16-20-21-18(24)22(16)15-9-11(6-7-12(10)15)13-4-2-3-5-14(13)17(19)23/h2-9H,1H3,(H2,19,23)(H,21,24). The second-order valence-corrected chi connectivity index (χ2v) is 5.69. The van der Waals surface area contributed by atoms with Gasteiger partial charge in [-0.1, -0.05) is 30.3 Å². The number of primary amides is 1. The number of fused-ring (bicyclic) bond motifs is 3. The number of carbonyl (C=O) groups excluding carboxylic acids is 1. The average Bonchev–Trinajstić information content (AvgIpc) is 2.95. The Kier molecular flexibility index (Phi) is 2.99. The number of pyridine rings is 1. The lowest BCUT2D eigenvalue weighted by Gasteiger charge is -2.10. The van der Waals surface area contributed by atoms with Gasteiger partial charge in [-0.15, -0.1) is 0 Å². The van der Waals surface area contributed by atoms with Gasteiger partial charge in [-0.2, -0.15) is 5.10 Å². The number of aromatic nitrogens is 3. The van der Waals surface area contributed by atoms with Crippen molar-refractivity contribution in [3.05, 3.63) is 70.1 Å². The monoisotopic (exact) mass is 318 g/mol. The lowest BCUT2D eigenvalue weighted by Crippen LogP contribution is -2.12. The van der Waals surface area contributed by atoms with Crippen LogP contribution in [0.15, 0.2) is 53.3 Å². The molecule has 0 unspecified atom stereocenters. The molecule has 2 aromatic carbocycles. The van der Waals surface area contributed by atoms with E-state index < -0.39 is 5.91 Å². The molecule has 6 heteroatoms. The molecule has 0 saturated heterocycles. The van der Waals surface area contributed by atoms with Crippen LogP contribution < -0.4 is 11.4 Å². The zero-order chi connectivity index (χ0) is 16.8. The maximum atomic E-state index is 12.1. The lowest BCUT2D eigenvalue weighted by atomic mass is 9.97. The van der Waals surface area contributed by atoms with Crippen molar-refractivity contribution in [2.24, 2.45) is 5.73 Å². The van der Waals surface area contributed by atoms with Crippen molar-refractivity contribution in [1.82, 2.24) is 14.6 Å². The fourth-order valence-corrected chi connectivity index (χ4v) is 3.08. The number of nitrogens with one attached hydrogen (secondary N) is 1. The number of hydrogen-bond donors (Lipinski definition) is 2. The fourth-order valence-electron chi connectivity index (χ4n) is 3.08. The number of nitrogens with zero attached hydrogens (tertiary/aromatic N) is 2. The van der Waals surface area contributed by atoms with Crippen LogP contribution in [0.25, 0.3) is 27.7 Å². The summed E-state index contributed by atoms with van der Waals surface area (Å²) in [5.74, 6) is -0.486. The van der Waals surface area contributed by atoms with E-state index in [0.29, 0.717) is 11.2 Å². The Morgan fingerprint density at radius 1 is 1.17 bits per heavy atom. The molecule has 0 atom stereocenters. The summed E-state index contributed by atoms with van der Waals surface area (Å²) in [6, 6.07) is 14.8. The maximum Gasteiger partial charge on any atom is 0.348 e. The molecular formula is C18H14N4O2. The Labute approximate surface area is 136 Å². The van der Waals surface area contributed by atoms with Crippen molar-refractivity contribution in [3.63, 3.8) is 0 Å². The number of aromatic amines is 1. The molecular weight excluding hydrogens is 304 g/mol. The minimum absolute atomic E-state index is 0.296. The van der Waals surface area contributed by atoms with Gasteiger partial charge in [-0.3, -0.25) is 4.79 Å². The van der Waals surface area contributed by atoms with E-state index in [-0.39, 0.29) is 5.69 Å². The zero-order valence-corrected chi connectivity index (χ0v) is 12.9. The van der Waals surface area contributed by atoms with Crippen LogP contribution in [0.1, 0.15) is 15.9 Å². The molecule has 1 amide bonds. The van der Waals surface area contributed by atoms with Crippen molar-refractivity contribution >= 4 is 22.5 Å². The van der Waals surface area contributed by atoms with Crippen LogP contribution in [-0.4, -0.2) is 20.5 Å². The smallest absolute Gasteiger partial charge is 0.348 e. The molecule has 2 aromatic heterocycles. The molecule has 0 aliphatic rings. The molecule has 0 saturated carbocycles. The van der Waals surface area contributed by atoms with Gasteiger partial charge in [0.05, 0.1) is 5.52 Å². The Balaban J connectivity index is 2.10. The molecule has 0 bridgehead atoms. The predicted octanol–water partition coefficient (Wildman–Crippen LogP) is 2.25. The number of H-pyrrole nitrogens is 1. The summed E-state index contributed by atoms with van der Waals surface area (Å²) in [6.45, 7) is 1.97. The van der Waals surface area contributed by atoms with Crippen molar-refractivity contribution in [2.45, 2.75) is 6.92 Å². The number of aryl methyl sites for hydroxylation is 1. The Bertz CT molecular complexity index is 1170. The van der Waals surface area contributed by atoms with E-state index in [1.807, 2.05) is 43.3 Å². The Morgan fingerprint density at radius 2 is 1.96 bits per heavy atom. The van der Waals surface area contributed by atoms with Crippen LogP contribution >= 0.6 is 0 Å². The summed E-state index contributed by atoms with van der Waals surface area (Å²) in [6.07, 6.45) is 0. The lowest BCUT2D eigenvalue weighted by molar-refractivity contribution is 0.100. The average molecular weight is 318 g/mol. The van der Waals surface area contributed by atoms with Gasteiger partial charge < -0.3 is 5.73 Å². The molecule has 24 heavy (non-hydrogen) atoms. The number of benzene rings is 2. The highest BCUT2D eigenvalue weighted by atomic mass is 16.1. The summed E-state index contributed by atoms with van der Waals surface area (Å²) in [5, 5.41) is 7.45. The van der Waals surface area contributed by atoms with Gasteiger partial charge in [0, 0.05) is 10.9 Å². The second kappa shape index (κ2) is 5.06. The van der Waals surface area contributed by atoms with Crippen LogP contribution in [0, 0.1) is 6.92 Å². The highest BCUT2D eigenvalue weighted by molar-refractivity contribution is 6.01. The third-order valence-corrected chi connectivity index (χ3v) is 4.21. The summed E-state index contributed by atoms with van der Waals surface area (Å²) >= 11 is 0. The fraction of sp³-hybridized carbons (Fsp3) is 0.0556. The summed E-state index contributed by atoms with van der Waals surface area (Å²) < 4.78 is 1.53. The van der Waals surface area contributed by atoms with Crippen molar-refractivity contribution in [2.75, 3.05) is 0 Å². The molecule has 4 aromatic rings. The number of nitrogens with two attached hydrogens (primary N) is 1. The first kappa shape index (κ1) is 14.2. The molecule has 0 fully saturated rings. The molecule has 0 radical (unpaired) electrons. The van der Waals surface area contributed by atoms with Crippen molar-refractivity contribution in [1.29, 1.82) is 0 Å². The van der Waals surface area contributed by atoms with Crippen LogP contribution in [0.5, 0.6) is 0 Å². The van der Waals surface area contributed by atoms with Gasteiger partial charge in [0.25, 0.3) is 0 Å². The first-order valence-electron chi connectivity index (χ1n) is 7.46. The largest absolute Gasteiger partial charge is 0.366 e. The van der Waals surface area contributed by atoms with Gasteiger partial charge in [-0.05, 0) is 41.8 Å². The third kappa shape index (κ3) is 2.00. The van der Waals surface area contributed by atoms with Crippen LogP contribution in [0.4, 0.5) is 0 Å². The predicted molar refractivity (Wildman–Crippen MR) is 92.0 cm³/mol. The van der Waals surface area contributed by atoms with Gasteiger partial charge in [0.2, 0.25) is 5.91 Å². The number of hydrogen-bond acceptors (Lipinski definition) is 3.